The molecule has 1 aromatic carbocycles. The highest BCUT2D eigenvalue weighted by Crippen LogP contribution is 2.23. The first-order valence-electron chi connectivity index (χ1n) is 4.96. The number of rotatable bonds is 2. The minimum Gasteiger partial charge on any atom is -0.391 e. The molecule has 1 fully saturated rings. The number of hydrogen-bond acceptors (Lipinski definition) is 2. The van der Waals surface area contributed by atoms with E-state index < -0.39 is 0 Å². The van der Waals surface area contributed by atoms with Crippen LogP contribution in [-0.4, -0.2) is 17.3 Å². The SMILES string of the molecule is OC1CCCC1Nc1ccc(Br)cc1. The second-order valence-corrected chi connectivity index (χ2v) is 4.67. The third kappa shape index (κ3) is 2.28. The zero-order chi connectivity index (χ0) is 9.97. The van der Waals surface area contributed by atoms with Gasteiger partial charge in [0.1, 0.15) is 0 Å². The third-order valence-electron chi connectivity index (χ3n) is 2.68. The molecular weight excluding hydrogens is 242 g/mol. The molecule has 0 amide bonds. The van der Waals surface area contributed by atoms with E-state index in [1.54, 1.807) is 0 Å². The predicted octanol–water partition coefficient (Wildman–Crippen LogP) is 2.77. The Morgan fingerprint density at radius 2 is 1.93 bits per heavy atom. The van der Waals surface area contributed by atoms with Crippen molar-refractivity contribution >= 4 is 21.6 Å². The van der Waals surface area contributed by atoms with Crippen LogP contribution in [0.25, 0.3) is 0 Å². The Labute approximate surface area is 92.5 Å². The predicted molar refractivity (Wildman–Crippen MR) is 61.4 cm³/mol. The lowest BCUT2D eigenvalue weighted by Gasteiger charge is -2.17. The van der Waals surface area contributed by atoms with Crippen molar-refractivity contribution in [3.63, 3.8) is 0 Å². The summed E-state index contributed by atoms with van der Waals surface area (Å²) in [5, 5.41) is 13.0. The fourth-order valence-corrected chi connectivity index (χ4v) is 2.13. The van der Waals surface area contributed by atoms with Gasteiger partial charge in [-0.1, -0.05) is 15.9 Å². The maximum absolute atomic E-state index is 9.63. The molecule has 3 heteroatoms. The lowest BCUT2D eigenvalue weighted by Crippen LogP contribution is -2.27. The number of anilines is 1. The average Bonchev–Trinajstić information content (AvgIpc) is 2.56. The molecule has 2 unspecified atom stereocenters. The number of nitrogens with one attached hydrogen (secondary N) is 1. The highest BCUT2D eigenvalue weighted by atomic mass is 79.9. The van der Waals surface area contributed by atoms with E-state index >= 15 is 0 Å². The molecule has 0 saturated heterocycles. The molecule has 0 spiro atoms. The standard InChI is InChI=1S/C11H14BrNO/c12-8-4-6-9(7-5-8)13-10-2-1-3-11(10)14/h4-7,10-11,13-14H,1-3H2. The van der Waals surface area contributed by atoms with Crippen LogP contribution in [0.3, 0.4) is 0 Å². The van der Waals surface area contributed by atoms with Crippen molar-refractivity contribution in [1.82, 2.24) is 0 Å². The molecule has 0 bridgehead atoms. The van der Waals surface area contributed by atoms with E-state index in [0.29, 0.717) is 0 Å². The Hall–Kier alpha value is -0.540. The summed E-state index contributed by atoms with van der Waals surface area (Å²) in [4.78, 5) is 0. The lowest BCUT2D eigenvalue weighted by atomic mass is 10.2. The van der Waals surface area contributed by atoms with Crippen LogP contribution in [0.4, 0.5) is 5.69 Å². The molecule has 1 aromatic rings. The van der Waals surface area contributed by atoms with Gasteiger partial charge in [-0.3, -0.25) is 0 Å². The van der Waals surface area contributed by atoms with Gasteiger partial charge in [0.05, 0.1) is 12.1 Å². The summed E-state index contributed by atoms with van der Waals surface area (Å²) < 4.78 is 1.08. The van der Waals surface area contributed by atoms with E-state index in [4.69, 9.17) is 0 Å². The highest BCUT2D eigenvalue weighted by Gasteiger charge is 2.24. The van der Waals surface area contributed by atoms with Gasteiger partial charge in [0, 0.05) is 10.2 Å². The molecular formula is C11H14BrNO. The quantitative estimate of drug-likeness (QED) is 0.852. The summed E-state index contributed by atoms with van der Waals surface area (Å²) in [5.41, 5.74) is 1.08. The van der Waals surface area contributed by atoms with E-state index in [9.17, 15) is 5.11 Å². The van der Waals surface area contributed by atoms with Gasteiger partial charge in [-0.2, -0.15) is 0 Å². The second-order valence-electron chi connectivity index (χ2n) is 3.76. The topological polar surface area (TPSA) is 32.3 Å². The van der Waals surface area contributed by atoms with Crippen molar-refractivity contribution in [3.8, 4) is 0 Å². The summed E-state index contributed by atoms with van der Waals surface area (Å²) in [6.45, 7) is 0. The summed E-state index contributed by atoms with van der Waals surface area (Å²) in [7, 11) is 0. The maximum atomic E-state index is 9.63. The number of aliphatic hydroxyl groups is 1. The Morgan fingerprint density at radius 3 is 2.50 bits per heavy atom. The number of hydrogen-bond donors (Lipinski definition) is 2. The van der Waals surface area contributed by atoms with Crippen molar-refractivity contribution in [2.75, 3.05) is 5.32 Å². The minimum absolute atomic E-state index is 0.182. The molecule has 76 valence electrons. The first-order chi connectivity index (χ1) is 6.75. The highest BCUT2D eigenvalue weighted by molar-refractivity contribution is 9.10. The van der Waals surface area contributed by atoms with E-state index in [1.165, 1.54) is 0 Å². The molecule has 2 nitrogen and oxygen atoms in total. The van der Waals surface area contributed by atoms with Crippen molar-refractivity contribution in [2.45, 2.75) is 31.4 Å². The molecule has 14 heavy (non-hydrogen) atoms. The van der Waals surface area contributed by atoms with Crippen molar-refractivity contribution in [2.24, 2.45) is 0 Å². The monoisotopic (exact) mass is 255 g/mol. The normalized spacial score (nSPS) is 26.4. The van der Waals surface area contributed by atoms with E-state index in [2.05, 4.69) is 21.2 Å². The summed E-state index contributed by atoms with van der Waals surface area (Å²) >= 11 is 3.39. The van der Waals surface area contributed by atoms with Crippen LogP contribution in [-0.2, 0) is 0 Å². The first-order valence-corrected chi connectivity index (χ1v) is 5.75. The van der Waals surface area contributed by atoms with Crippen LogP contribution in [0.5, 0.6) is 0 Å². The molecule has 1 saturated carbocycles. The maximum Gasteiger partial charge on any atom is 0.0741 e. The number of benzene rings is 1. The molecule has 0 radical (unpaired) electrons. The first kappa shape index (κ1) is 9.99. The van der Waals surface area contributed by atoms with Crippen molar-refractivity contribution in [1.29, 1.82) is 0 Å². The van der Waals surface area contributed by atoms with E-state index in [1.807, 2.05) is 24.3 Å². The average molecular weight is 256 g/mol. The molecule has 0 aromatic heterocycles. The largest absolute Gasteiger partial charge is 0.391 e. The molecule has 2 rings (SSSR count). The van der Waals surface area contributed by atoms with Crippen molar-refractivity contribution in [3.05, 3.63) is 28.7 Å². The summed E-state index contributed by atoms with van der Waals surface area (Å²) in [5.74, 6) is 0. The Balaban J connectivity index is 2.00. The van der Waals surface area contributed by atoms with Crippen LogP contribution >= 0.6 is 15.9 Å². The Bertz CT molecular complexity index is 299. The van der Waals surface area contributed by atoms with Crippen LogP contribution in [0.2, 0.25) is 0 Å². The minimum atomic E-state index is -0.182. The van der Waals surface area contributed by atoms with Gasteiger partial charge in [0.15, 0.2) is 0 Å². The molecule has 0 aliphatic heterocycles. The van der Waals surface area contributed by atoms with E-state index in [0.717, 1.165) is 29.4 Å². The van der Waals surface area contributed by atoms with Gasteiger partial charge in [-0.05, 0) is 43.5 Å². The number of halogens is 1. The fraction of sp³-hybridized carbons (Fsp3) is 0.455. The Kier molecular flexibility index (Phi) is 3.08. The van der Waals surface area contributed by atoms with Gasteiger partial charge >= 0.3 is 0 Å². The molecule has 0 heterocycles. The van der Waals surface area contributed by atoms with Gasteiger partial charge in [0.25, 0.3) is 0 Å². The van der Waals surface area contributed by atoms with Crippen molar-refractivity contribution < 1.29 is 5.11 Å². The van der Waals surface area contributed by atoms with Crippen LogP contribution in [0.15, 0.2) is 28.7 Å². The number of aliphatic hydroxyl groups excluding tert-OH is 1. The molecule has 2 N–H and O–H groups in total. The summed E-state index contributed by atoms with van der Waals surface area (Å²) in [6.07, 6.45) is 2.93. The second kappa shape index (κ2) is 4.32. The van der Waals surface area contributed by atoms with Gasteiger partial charge in [-0.15, -0.1) is 0 Å². The smallest absolute Gasteiger partial charge is 0.0741 e. The van der Waals surface area contributed by atoms with Gasteiger partial charge in [-0.25, -0.2) is 0 Å². The zero-order valence-corrected chi connectivity index (χ0v) is 9.50. The van der Waals surface area contributed by atoms with Gasteiger partial charge < -0.3 is 10.4 Å². The fourth-order valence-electron chi connectivity index (χ4n) is 1.87. The van der Waals surface area contributed by atoms with Crippen LogP contribution < -0.4 is 5.32 Å². The third-order valence-corrected chi connectivity index (χ3v) is 3.20. The molecule has 1 aliphatic rings. The van der Waals surface area contributed by atoms with Gasteiger partial charge in [0.2, 0.25) is 0 Å². The van der Waals surface area contributed by atoms with Crippen LogP contribution in [0, 0.1) is 0 Å². The zero-order valence-electron chi connectivity index (χ0n) is 7.91. The lowest BCUT2D eigenvalue weighted by molar-refractivity contribution is 0.172. The summed E-state index contributed by atoms with van der Waals surface area (Å²) in [6, 6.07) is 8.29. The van der Waals surface area contributed by atoms with E-state index in [-0.39, 0.29) is 12.1 Å². The van der Waals surface area contributed by atoms with Crippen LogP contribution in [0.1, 0.15) is 19.3 Å². The Morgan fingerprint density at radius 1 is 1.21 bits per heavy atom. The molecule has 1 aliphatic carbocycles. The molecule has 2 atom stereocenters.